The second kappa shape index (κ2) is 4.73. The van der Waals surface area contributed by atoms with Gasteiger partial charge in [0.2, 0.25) is 0 Å². The van der Waals surface area contributed by atoms with E-state index in [4.69, 9.17) is 0 Å². The van der Waals surface area contributed by atoms with Crippen molar-refractivity contribution in [1.29, 1.82) is 0 Å². The highest BCUT2D eigenvalue weighted by Crippen LogP contribution is 2.38. The first-order chi connectivity index (χ1) is 9.16. The van der Waals surface area contributed by atoms with Crippen molar-refractivity contribution in [2.75, 3.05) is 0 Å². The summed E-state index contributed by atoms with van der Waals surface area (Å²) in [6, 6.07) is 10.4. The average molecular weight is 268 g/mol. The summed E-state index contributed by atoms with van der Waals surface area (Å²) in [6.45, 7) is 13.2. The van der Waals surface area contributed by atoms with Gasteiger partial charge in [-0.05, 0) is 32.7 Å². The van der Waals surface area contributed by atoms with Crippen LogP contribution in [0, 0.1) is 0 Å². The molecule has 0 fully saturated rings. The second-order valence-electron chi connectivity index (χ2n) is 7.55. The van der Waals surface area contributed by atoms with Gasteiger partial charge in [-0.15, -0.1) is 0 Å². The highest BCUT2D eigenvalue weighted by atomic mass is 16.1. The molecule has 0 aliphatic rings. The van der Waals surface area contributed by atoms with Crippen molar-refractivity contribution in [3.05, 3.63) is 47.0 Å². The Hall–Kier alpha value is -1.63. The topological polar surface area (TPSA) is 17.1 Å². The Morgan fingerprint density at radius 3 is 2.00 bits per heavy atom. The fourth-order valence-corrected chi connectivity index (χ4v) is 2.93. The van der Waals surface area contributed by atoms with Gasteiger partial charge in [-0.1, -0.05) is 71.9 Å². The molecule has 0 radical (unpaired) electrons. The van der Waals surface area contributed by atoms with E-state index in [1.54, 1.807) is 0 Å². The minimum Gasteiger partial charge on any atom is -0.298 e. The van der Waals surface area contributed by atoms with Gasteiger partial charge in [0.25, 0.3) is 0 Å². The summed E-state index contributed by atoms with van der Waals surface area (Å²) in [5, 5.41) is 2.46. The van der Waals surface area contributed by atoms with Crippen LogP contribution in [0.1, 0.15) is 63.0 Å². The third-order valence-corrected chi connectivity index (χ3v) is 3.76. The summed E-state index contributed by atoms with van der Waals surface area (Å²) in [5.74, 6) is 0. The van der Waals surface area contributed by atoms with E-state index in [0.29, 0.717) is 0 Å². The monoisotopic (exact) mass is 268 g/mol. The highest BCUT2D eigenvalue weighted by Gasteiger charge is 2.25. The Bertz CT molecular complexity index is 652. The molecule has 0 N–H and O–H groups in total. The standard InChI is InChI=1S/C19H24O/c1-18(2,3)15-9-7-8-13-10-11-14(12-20)17(16(13)15)19(4,5)6/h7-12H,1-6H3. The van der Waals surface area contributed by atoms with E-state index in [9.17, 15) is 4.79 Å². The van der Waals surface area contributed by atoms with E-state index in [1.807, 2.05) is 6.07 Å². The molecule has 0 aliphatic heterocycles. The molecule has 0 spiro atoms. The van der Waals surface area contributed by atoms with Crippen LogP contribution in [-0.4, -0.2) is 6.29 Å². The fraction of sp³-hybridized carbons (Fsp3) is 0.421. The van der Waals surface area contributed by atoms with Crippen molar-refractivity contribution < 1.29 is 4.79 Å². The minimum atomic E-state index is -0.0584. The van der Waals surface area contributed by atoms with E-state index >= 15 is 0 Å². The lowest BCUT2D eigenvalue weighted by Crippen LogP contribution is -2.19. The fourth-order valence-electron chi connectivity index (χ4n) is 2.93. The summed E-state index contributed by atoms with van der Waals surface area (Å²) in [5.41, 5.74) is 3.28. The van der Waals surface area contributed by atoms with E-state index in [1.165, 1.54) is 16.3 Å². The van der Waals surface area contributed by atoms with Crippen molar-refractivity contribution in [3.63, 3.8) is 0 Å². The molecule has 0 saturated carbocycles. The van der Waals surface area contributed by atoms with Gasteiger partial charge in [0.05, 0.1) is 0 Å². The number of rotatable bonds is 1. The van der Waals surface area contributed by atoms with Crippen LogP contribution in [0.4, 0.5) is 0 Å². The maximum Gasteiger partial charge on any atom is 0.150 e. The van der Waals surface area contributed by atoms with Crippen LogP contribution in [0.25, 0.3) is 10.8 Å². The summed E-state index contributed by atoms with van der Waals surface area (Å²) in [7, 11) is 0. The number of hydrogen-bond acceptors (Lipinski definition) is 1. The highest BCUT2D eigenvalue weighted by molar-refractivity contribution is 5.96. The van der Waals surface area contributed by atoms with Crippen LogP contribution in [0.3, 0.4) is 0 Å². The van der Waals surface area contributed by atoms with Gasteiger partial charge in [-0.25, -0.2) is 0 Å². The molecule has 0 amide bonds. The lowest BCUT2D eigenvalue weighted by molar-refractivity contribution is 0.112. The van der Waals surface area contributed by atoms with Gasteiger partial charge in [-0.2, -0.15) is 0 Å². The second-order valence-corrected chi connectivity index (χ2v) is 7.55. The predicted molar refractivity (Wildman–Crippen MR) is 86.7 cm³/mol. The first-order valence-corrected chi connectivity index (χ1v) is 7.18. The van der Waals surface area contributed by atoms with Crippen molar-refractivity contribution in [1.82, 2.24) is 0 Å². The lowest BCUT2D eigenvalue weighted by Gasteiger charge is -2.29. The Labute approximate surface area is 122 Å². The molecule has 106 valence electrons. The zero-order valence-corrected chi connectivity index (χ0v) is 13.4. The molecule has 2 rings (SSSR count). The maximum absolute atomic E-state index is 11.5. The first kappa shape index (κ1) is 14.8. The van der Waals surface area contributed by atoms with Crippen LogP contribution in [-0.2, 0) is 10.8 Å². The number of aldehydes is 1. The smallest absolute Gasteiger partial charge is 0.150 e. The molecule has 20 heavy (non-hydrogen) atoms. The van der Waals surface area contributed by atoms with Crippen molar-refractivity contribution in [3.8, 4) is 0 Å². The predicted octanol–water partition coefficient (Wildman–Crippen LogP) is 5.25. The molecular weight excluding hydrogens is 244 g/mol. The number of carbonyl (C=O) groups excluding carboxylic acids is 1. The van der Waals surface area contributed by atoms with Gasteiger partial charge in [0.1, 0.15) is 6.29 Å². The molecule has 0 atom stereocenters. The normalized spacial score (nSPS) is 12.7. The molecule has 0 heterocycles. The van der Waals surface area contributed by atoms with Crippen LogP contribution < -0.4 is 0 Å². The Balaban J connectivity index is 3.02. The zero-order chi connectivity index (χ0) is 15.1. The maximum atomic E-state index is 11.5. The van der Waals surface area contributed by atoms with Crippen LogP contribution >= 0.6 is 0 Å². The van der Waals surface area contributed by atoms with E-state index in [-0.39, 0.29) is 10.8 Å². The van der Waals surface area contributed by atoms with Crippen LogP contribution in [0.5, 0.6) is 0 Å². The van der Waals surface area contributed by atoms with Crippen molar-refractivity contribution in [2.24, 2.45) is 0 Å². The van der Waals surface area contributed by atoms with Crippen molar-refractivity contribution >= 4 is 17.1 Å². The molecule has 2 aromatic carbocycles. The number of carbonyl (C=O) groups is 1. The largest absolute Gasteiger partial charge is 0.298 e. The van der Waals surface area contributed by atoms with Gasteiger partial charge < -0.3 is 0 Å². The molecule has 0 aromatic heterocycles. The molecular formula is C19H24O. The Kier molecular flexibility index (Phi) is 3.49. The van der Waals surface area contributed by atoms with E-state index < -0.39 is 0 Å². The molecule has 1 heteroatoms. The summed E-state index contributed by atoms with van der Waals surface area (Å²) in [6.07, 6.45) is 0.986. The van der Waals surface area contributed by atoms with E-state index in [0.717, 1.165) is 17.4 Å². The SMILES string of the molecule is CC(C)(C)c1cccc2ccc(C=O)c(C(C)(C)C)c12. The molecule has 0 saturated heterocycles. The van der Waals surface area contributed by atoms with Gasteiger partial charge >= 0.3 is 0 Å². The first-order valence-electron chi connectivity index (χ1n) is 7.18. The Morgan fingerprint density at radius 1 is 0.850 bits per heavy atom. The lowest BCUT2D eigenvalue weighted by atomic mass is 9.75. The molecule has 0 unspecified atom stereocenters. The van der Waals surface area contributed by atoms with Crippen molar-refractivity contribution in [2.45, 2.75) is 52.4 Å². The number of benzene rings is 2. The van der Waals surface area contributed by atoms with Gasteiger partial charge in [0.15, 0.2) is 0 Å². The average Bonchev–Trinajstić information content (AvgIpc) is 2.34. The van der Waals surface area contributed by atoms with Crippen LogP contribution in [0.2, 0.25) is 0 Å². The third-order valence-electron chi connectivity index (χ3n) is 3.76. The Morgan fingerprint density at radius 2 is 1.50 bits per heavy atom. The summed E-state index contributed by atoms with van der Waals surface area (Å²) in [4.78, 5) is 11.5. The zero-order valence-electron chi connectivity index (χ0n) is 13.4. The molecule has 2 aromatic rings. The van der Waals surface area contributed by atoms with E-state index in [2.05, 4.69) is 65.8 Å². The van der Waals surface area contributed by atoms with Crippen LogP contribution in [0.15, 0.2) is 30.3 Å². The quantitative estimate of drug-likeness (QED) is 0.646. The third kappa shape index (κ3) is 2.49. The molecule has 1 nitrogen and oxygen atoms in total. The number of hydrogen-bond donors (Lipinski definition) is 0. The minimum absolute atomic E-state index is 0.0566. The molecule has 0 aliphatic carbocycles. The molecule has 0 bridgehead atoms. The van der Waals surface area contributed by atoms with Gasteiger partial charge in [0, 0.05) is 5.56 Å². The summed E-state index contributed by atoms with van der Waals surface area (Å²) >= 11 is 0. The number of fused-ring (bicyclic) bond motifs is 1. The van der Waals surface area contributed by atoms with Gasteiger partial charge in [-0.3, -0.25) is 4.79 Å². The summed E-state index contributed by atoms with van der Waals surface area (Å²) < 4.78 is 0.